The van der Waals surface area contributed by atoms with Crippen molar-refractivity contribution in [3.63, 3.8) is 0 Å². The second-order valence-electron chi connectivity index (χ2n) is 6.04. The first-order chi connectivity index (χ1) is 9.29. The van der Waals surface area contributed by atoms with Gasteiger partial charge in [-0.2, -0.15) is 0 Å². The molecule has 2 fully saturated rings. The van der Waals surface area contributed by atoms with Crippen LogP contribution in [0.25, 0.3) is 0 Å². The van der Waals surface area contributed by atoms with Crippen molar-refractivity contribution in [3.05, 3.63) is 0 Å². The molecule has 0 spiro atoms. The highest BCUT2D eigenvalue weighted by atomic mass is 16.2. The van der Waals surface area contributed by atoms with Gasteiger partial charge in [-0.3, -0.25) is 9.69 Å². The Morgan fingerprint density at radius 2 is 1.89 bits per heavy atom. The Balaban J connectivity index is 1.74. The zero-order valence-electron chi connectivity index (χ0n) is 12.3. The molecule has 0 unspecified atom stereocenters. The van der Waals surface area contributed by atoms with E-state index < -0.39 is 0 Å². The Morgan fingerprint density at radius 1 is 1.21 bits per heavy atom. The largest absolute Gasteiger partial charge is 0.352 e. The molecule has 0 aromatic heterocycles. The quantitative estimate of drug-likeness (QED) is 0.717. The van der Waals surface area contributed by atoms with Gasteiger partial charge in [-0.25, -0.2) is 0 Å². The fraction of sp³-hybridized carbons (Fsp3) is 0.933. The van der Waals surface area contributed by atoms with Crippen LogP contribution in [-0.4, -0.2) is 49.1 Å². The highest BCUT2D eigenvalue weighted by Gasteiger charge is 2.26. The van der Waals surface area contributed by atoms with Gasteiger partial charge in [-0.05, 0) is 25.8 Å². The van der Waals surface area contributed by atoms with E-state index in [1.165, 1.54) is 38.5 Å². The molecule has 1 heterocycles. The molecule has 1 aliphatic carbocycles. The lowest BCUT2D eigenvalue weighted by atomic mass is 10.1. The Hall–Kier alpha value is -0.610. The van der Waals surface area contributed by atoms with Crippen LogP contribution in [-0.2, 0) is 4.79 Å². The van der Waals surface area contributed by atoms with E-state index in [1.807, 2.05) is 0 Å². The molecule has 2 rings (SSSR count). The topological polar surface area (TPSA) is 44.4 Å². The van der Waals surface area contributed by atoms with Gasteiger partial charge in [-0.15, -0.1) is 0 Å². The number of hydrogen-bond donors (Lipinski definition) is 2. The number of carbonyl (C=O) groups excluding carboxylic acids is 1. The fourth-order valence-corrected chi connectivity index (χ4v) is 3.09. The Labute approximate surface area is 117 Å². The van der Waals surface area contributed by atoms with E-state index in [-0.39, 0.29) is 5.91 Å². The van der Waals surface area contributed by atoms with E-state index in [1.54, 1.807) is 0 Å². The molecular weight excluding hydrogens is 238 g/mol. The van der Waals surface area contributed by atoms with Gasteiger partial charge in [0.05, 0.1) is 6.54 Å². The molecule has 1 amide bonds. The minimum absolute atomic E-state index is 0.229. The second-order valence-corrected chi connectivity index (χ2v) is 6.04. The third kappa shape index (κ3) is 4.77. The number of nitrogens with zero attached hydrogens (tertiary/aromatic N) is 1. The average molecular weight is 267 g/mol. The van der Waals surface area contributed by atoms with Crippen LogP contribution in [0.2, 0.25) is 0 Å². The van der Waals surface area contributed by atoms with Crippen molar-refractivity contribution in [2.24, 2.45) is 0 Å². The summed E-state index contributed by atoms with van der Waals surface area (Å²) in [6.45, 7) is 5.87. The van der Waals surface area contributed by atoms with Gasteiger partial charge < -0.3 is 10.6 Å². The van der Waals surface area contributed by atoms with Gasteiger partial charge in [0.1, 0.15) is 0 Å². The van der Waals surface area contributed by atoms with E-state index in [9.17, 15) is 4.79 Å². The highest BCUT2D eigenvalue weighted by Crippen LogP contribution is 2.17. The molecule has 1 saturated carbocycles. The Kier molecular flexibility index (Phi) is 6.11. The van der Waals surface area contributed by atoms with Crippen molar-refractivity contribution in [1.82, 2.24) is 15.5 Å². The minimum atomic E-state index is 0.229. The van der Waals surface area contributed by atoms with Crippen molar-refractivity contribution in [3.8, 4) is 0 Å². The van der Waals surface area contributed by atoms with Crippen molar-refractivity contribution in [2.75, 3.05) is 26.2 Å². The SMILES string of the molecule is CCCN(CC(=O)NC1CCCCCC1)C1CNC1. The first-order valence-electron chi connectivity index (χ1n) is 8.03. The van der Waals surface area contributed by atoms with Crippen LogP contribution < -0.4 is 10.6 Å². The van der Waals surface area contributed by atoms with Crippen LogP contribution in [0.1, 0.15) is 51.9 Å². The molecule has 2 aliphatic rings. The summed E-state index contributed by atoms with van der Waals surface area (Å²) in [5.74, 6) is 0.229. The summed E-state index contributed by atoms with van der Waals surface area (Å²) < 4.78 is 0. The molecular formula is C15H29N3O. The van der Waals surface area contributed by atoms with Crippen molar-refractivity contribution >= 4 is 5.91 Å². The van der Waals surface area contributed by atoms with Gasteiger partial charge >= 0.3 is 0 Å². The molecule has 0 radical (unpaired) electrons. The normalized spacial score (nSPS) is 22.0. The molecule has 110 valence electrons. The van der Waals surface area contributed by atoms with Gasteiger partial charge in [0.25, 0.3) is 0 Å². The molecule has 4 heteroatoms. The first-order valence-corrected chi connectivity index (χ1v) is 8.03. The van der Waals surface area contributed by atoms with Crippen molar-refractivity contribution in [2.45, 2.75) is 64.0 Å². The van der Waals surface area contributed by atoms with Crippen LogP contribution in [0.5, 0.6) is 0 Å². The van der Waals surface area contributed by atoms with Crippen LogP contribution in [0.3, 0.4) is 0 Å². The number of nitrogens with one attached hydrogen (secondary N) is 2. The zero-order chi connectivity index (χ0) is 13.5. The molecule has 19 heavy (non-hydrogen) atoms. The lowest BCUT2D eigenvalue weighted by Gasteiger charge is -2.38. The number of rotatable bonds is 6. The summed E-state index contributed by atoms with van der Waals surface area (Å²) in [5.41, 5.74) is 0. The standard InChI is InChI=1S/C15H29N3O/c1-2-9-18(14-10-16-11-14)12-15(19)17-13-7-5-3-4-6-8-13/h13-14,16H,2-12H2,1H3,(H,17,19). The molecule has 0 aromatic rings. The summed E-state index contributed by atoms with van der Waals surface area (Å²) in [6, 6.07) is 0.998. The maximum absolute atomic E-state index is 12.2. The average Bonchev–Trinajstić information content (AvgIpc) is 2.55. The minimum Gasteiger partial charge on any atom is -0.352 e. The predicted octanol–water partition coefficient (Wildman–Crippen LogP) is 1.51. The molecule has 2 N–H and O–H groups in total. The van der Waals surface area contributed by atoms with Gasteiger partial charge in [0.15, 0.2) is 0 Å². The predicted molar refractivity (Wildman–Crippen MR) is 78.2 cm³/mol. The van der Waals surface area contributed by atoms with Crippen LogP contribution in [0.4, 0.5) is 0 Å². The first kappa shape index (κ1) is 14.8. The zero-order valence-corrected chi connectivity index (χ0v) is 12.3. The summed E-state index contributed by atoms with van der Waals surface area (Å²) in [6.07, 6.45) is 8.68. The number of amides is 1. The van der Waals surface area contributed by atoms with E-state index in [4.69, 9.17) is 0 Å². The Bertz CT molecular complexity index is 271. The number of carbonyl (C=O) groups is 1. The van der Waals surface area contributed by atoms with Crippen LogP contribution >= 0.6 is 0 Å². The van der Waals surface area contributed by atoms with E-state index in [2.05, 4.69) is 22.5 Å². The molecule has 1 aliphatic heterocycles. The van der Waals surface area contributed by atoms with Gasteiger partial charge in [-0.1, -0.05) is 32.6 Å². The van der Waals surface area contributed by atoms with E-state index in [0.29, 0.717) is 18.6 Å². The maximum Gasteiger partial charge on any atom is 0.234 e. The Morgan fingerprint density at radius 3 is 2.42 bits per heavy atom. The van der Waals surface area contributed by atoms with Gasteiger partial charge in [0, 0.05) is 25.2 Å². The summed E-state index contributed by atoms with van der Waals surface area (Å²) >= 11 is 0. The lowest BCUT2D eigenvalue weighted by molar-refractivity contribution is -0.123. The fourth-order valence-electron chi connectivity index (χ4n) is 3.09. The smallest absolute Gasteiger partial charge is 0.234 e. The third-order valence-electron chi connectivity index (χ3n) is 4.35. The van der Waals surface area contributed by atoms with Crippen molar-refractivity contribution < 1.29 is 4.79 Å². The monoisotopic (exact) mass is 267 g/mol. The van der Waals surface area contributed by atoms with E-state index >= 15 is 0 Å². The van der Waals surface area contributed by atoms with E-state index in [0.717, 1.165) is 26.1 Å². The number of hydrogen-bond acceptors (Lipinski definition) is 3. The van der Waals surface area contributed by atoms with Crippen LogP contribution in [0.15, 0.2) is 0 Å². The van der Waals surface area contributed by atoms with Crippen LogP contribution in [0, 0.1) is 0 Å². The molecule has 0 aromatic carbocycles. The molecule has 0 bridgehead atoms. The van der Waals surface area contributed by atoms with Gasteiger partial charge in [0.2, 0.25) is 5.91 Å². The third-order valence-corrected chi connectivity index (χ3v) is 4.35. The molecule has 4 nitrogen and oxygen atoms in total. The summed E-state index contributed by atoms with van der Waals surface area (Å²) in [4.78, 5) is 14.5. The molecule has 1 saturated heterocycles. The summed E-state index contributed by atoms with van der Waals surface area (Å²) in [5, 5.41) is 6.54. The lowest BCUT2D eigenvalue weighted by Crippen LogP contribution is -2.59. The van der Waals surface area contributed by atoms with Crippen molar-refractivity contribution in [1.29, 1.82) is 0 Å². The maximum atomic E-state index is 12.2. The molecule has 0 atom stereocenters. The second kappa shape index (κ2) is 7.85. The highest BCUT2D eigenvalue weighted by molar-refractivity contribution is 5.78. The summed E-state index contributed by atoms with van der Waals surface area (Å²) in [7, 11) is 0.